The lowest BCUT2D eigenvalue weighted by molar-refractivity contribution is 1.02. The fraction of sp³-hybridized carbons (Fsp3) is 0.0339. The fourth-order valence-corrected chi connectivity index (χ4v) is 8.39. The van der Waals surface area contributed by atoms with Crippen molar-refractivity contribution in [1.29, 1.82) is 0 Å². The highest BCUT2D eigenvalue weighted by molar-refractivity contribution is 5.87. The van der Waals surface area contributed by atoms with Gasteiger partial charge < -0.3 is 0 Å². The number of rotatable bonds is 9. The predicted molar refractivity (Wildman–Crippen MR) is 267 cm³/mol. The number of fused-ring (bicyclic) bond motifs is 1. The van der Waals surface area contributed by atoms with Gasteiger partial charge in [-0.15, -0.1) is 0 Å². The molecule has 11 aromatic rings. The van der Waals surface area contributed by atoms with Gasteiger partial charge in [-0.05, 0) is 89.3 Å². The lowest BCUT2D eigenvalue weighted by Gasteiger charge is -2.13. The van der Waals surface area contributed by atoms with Crippen LogP contribution in [0.5, 0.6) is 0 Å². The van der Waals surface area contributed by atoms with Gasteiger partial charge in [0.1, 0.15) is 5.82 Å². The smallest absolute Gasteiger partial charge is 0.164 e. The normalized spacial score (nSPS) is 11.2. The Kier molecular flexibility index (Phi) is 10.5. The average Bonchev–Trinajstić information content (AvgIpc) is 3.38. The third kappa shape index (κ3) is 8.37. The largest absolute Gasteiger partial charge is 0.239 e. The number of aryl methyl sites for hydroxylation is 2. The molecule has 0 bridgehead atoms. The minimum atomic E-state index is 0.603. The molecule has 0 saturated carbocycles. The zero-order valence-corrected chi connectivity index (χ0v) is 36.3. The van der Waals surface area contributed by atoms with E-state index in [0.29, 0.717) is 23.3 Å². The Morgan fingerprint density at radius 3 is 1.29 bits per heavy atom. The van der Waals surface area contributed by atoms with Crippen LogP contribution in [0.15, 0.2) is 212 Å². The van der Waals surface area contributed by atoms with Crippen molar-refractivity contribution < 1.29 is 0 Å². The predicted octanol–water partition coefficient (Wildman–Crippen LogP) is 14.2. The van der Waals surface area contributed by atoms with Crippen LogP contribution in [-0.4, -0.2) is 34.9 Å². The van der Waals surface area contributed by atoms with Crippen molar-refractivity contribution in [1.82, 2.24) is 34.9 Å². The van der Waals surface area contributed by atoms with E-state index in [-0.39, 0.29) is 0 Å². The molecule has 11 rings (SSSR count). The van der Waals surface area contributed by atoms with E-state index in [9.17, 15) is 0 Å². The highest BCUT2D eigenvalue weighted by Gasteiger charge is 2.16. The van der Waals surface area contributed by atoms with Gasteiger partial charge in [0.15, 0.2) is 23.3 Å². The number of nitrogens with zero attached hydrogens (tertiary/aromatic N) is 7. The topological polar surface area (TPSA) is 90.2 Å². The summed E-state index contributed by atoms with van der Waals surface area (Å²) in [6.07, 6.45) is 0. The van der Waals surface area contributed by atoms with Crippen molar-refractivity contribution in [3.05, 3.63) is 224 Å². The minimum absolute atomic E-state index is 0.603. The molecule has 3 heterocycles. The van der Waals surface area contributed by atoms with Gasteiger partial charge in [-0.3, -0.25) is 0 Å². The third-order valence-corrected chi connectivity index (χ3v) is 11.7. The number of hydrogen-bond donors (Lipinski definition) is 0. The first-order valence-electron chi connectivity index (χ1n) is 22.0. The molecular weight excluding hydrogens is 807 g/mol. The van der Waals surface area contributed by atoms with E-state index < -0.39 is 0 Å². The van der Waals surface area contributed by atoms with Crippen LogP contribution in [-0.2, 0) is 0 Å². The van der Waals surface area contributed by atoms with E-state index in [1.54, 1.807) is 0 Å². The van der Waals surface area contributed by atoms with Gasteiger partial charge in [-0.25, -0.2) is 34.9 Å². The summed E-state index contributed by atoms with van der Waals surface area (Å²) in [5.74, 6) is 3.23. The van der Waals surface area contributed by atoms with Gasteiger partial charge in [0.05, 0.1) is 17.1 Å². The van der Waals surface area contributed by atoms with Crippen LogP contribution in [0.1, 0.15) is 11.5 Å². The summed E-state index contributed by atoms with van der Waals surface area (Å²) in [7, 11) is 0. The molecule has 312 valence electrons. The fourth-order valence-electron chi connectivity index (χ4n) is 8.39. The van der Waals surface area contributed by atoms with Crippen LogP contribution in [0.2, 0.25) is 0 Å². The van der Waals surface area contributed by atoms with Crippen molar-refractivity contribution in [3.63, 3.8) is 0 Å². The molecular formula is C59H41N7. The third-order valence-electron chi connectivity index (χ3n) is 11.7. The molecule has 0 spiro atoms. The summed E-state index contributed by atoms with van der Waals surface area (Å²) >= 11 is 0. The second-order valence-electron chi connectivity index (χ2n) is 16.3. The second-order valence-corrected chi connectivity index (χ2v) is 16.3. The summed E-state index contributed by atoms with van der Waals surface area (Å²) < 4.78 is 0. The minimum Gasteiger partial charge on any atom is -0.239 e. The van der Waals surface area contributed by atoms with Gasteiger partial charge >= 0.3 is 0 Å². The van der Waals surface area contributed by atoms with Crippen LogP contribution in [0.3, 0.4) is 0 Å². The molecule has 0 aliphatic carbocycles. The maximum Gasteiger partial charge on any atom is 0.164 e. The first-order valence-corrected chi connectivity index (χ1v) is 22.0. The lowest BCUT2D eigenvalue weighted by atomic mass is 9.93. The molecule has 0 aliphatic rings. The van der Waals surface area contributed by atoms with E-state index in [1.807, 2.05) is 86.6 Å². The number of hydrogen-bond acceptors (Lipinski definition) is 7. The molecule has 0 N–H and O–H groups in total. The van der Waals surface area contributed by atoms with E-state index >= 15 is 0 Å². The molecule has 0 aliphatic heterocycles. The number of aromatic nitrogens is 7. The quantitative estimate of drug-likeness (QED) is 0.143. The summed E-state index contributed by atoms with van der Waals surface area (Å²) in [5.41, 5.74) is 14.4. The summed E-state index contributed by atoms with van der Waals surface area (Å²) in [4.78, 5) is 34.8. The summed E-state index contributed by atoms with van der Waals surface area (Å²) in [5, 5.41) is 2.30. The van der Waals surface area contributed by atoms with Crippen molar-refractivity contribution >= 4 is 10.8 Å². The lowest BCUT2D eigenvalue weighted by Crippen LogP contribution is -2.00. The number of benzene rings is 8. The second kappa shape index (κ2) is 17.4. The Hall–Kier alpha value is -8.81. The molecule has 7 heteroatoms. The molecule has 8 aromatic carbocycles. The van der Waals surface area contributed by atoms with Gasteiger partial charge in [-0.2, -0.15) is 0 Å². The first kappa shape index (κ1) is 40.0. The summed E-state index contributed by atoms with van der Waals surface area (Å²) in [6, 6.07) is 73.0. The van der Waals surface area contributed by atoms with Crippen molar-refractivity contribution in [2.24, 2.45) is 0 Å². The Balaban J connectivity index is 1.00. The Labute approximate surface area is 383 Å². The van der Waals surface area contributed by atoms with Crippen LogP contribution in [0.25, 0.3) is 112 Å². The molecule has 0 atom stereocenters. The molecule has 0 saturated heterocycles. The Bertz CT molecular complexity index is 3460. The van der Waals surface area contributed by atoms with Crippen LogP contribution in [0, 0.1) is 13.8 Å². The molecule has 7 nitrogen and oxygen atoms in total. The van der Waals surface area contributed by atoms with Gasteiger partial charge in [-0.1, -0.05) is 170 Å². The highest BCUT2D eigenvalue weighted by Crippen LogP contribution is 2.36. The summed E-state index contributed by atoms with van der Waals surface area (Å²) in [6.45, 7) is 3.95. The zero-order valence-electron chi connectivity index (χ0n) is 36.3. The standard InChI is InChI=1S/C59H41N7/c1-38-31-53(61-39(2)60-38)52-35-50(34-51(36-52)47-23-14-24-48(33-47)58-62-54(42-16-6-3-7-17-42)37-55(63-58)43-18-8-4-9-19-43)41-25-28-45(29-26-41)57-64-56(44-20-10-5-11-21-44)65-59(66-57)49-30-27-40-15-12-13-22-46(40)32-49/h3-37H,1-2H3. The average molecular weight is 848 g/mol. The van der Waals surface area contributed by atoms with Crippen LogP contribution < -0.4 is 0 Å². The van der Waals surface area contributed by atoms with E-state index in [0.717, 1.165) is 95.2 Å². The van der Waals surface area contributed by atoms with Crippen molar-refractivity contribution in [2.45, 2.75) is 13.8 Å². The van der Waals surface area contributed by atoms with E-state index in [4.69, 9.17) is 29.9 Å². The van der Waals surface area contributed by atoms with E-state index in [1.165, 1.54) is 5.39 Å². The molecule has 3 aromatic heterocycles. The van der Waals surface area contributed by atoms with Crippen LogP contribution in [0.4, 0.5) is 0 Å². The SMILES string of the molecule is Cc1cc(-c2cc(-c3ccc(-c4nc(-c5ccccc5)nc(-c5ccc6ccccc6c5)n4)cc3)cc(-c3cccc(-c4nc(-c5ccccc5)cc(-c5ccccc5)n4)c3)c2)nc(C)n1. The van der Waals surface area contributed by atoms with Crippen molar-refractivity contribution in [3.8, 4) is 102 Å². The molecule has 0 unspecified atom stereocenters. The van der Waals surface area contributed by atoms with E-state index in [2.05, 4.69) is 145 Å². The first-order chi connectivity index (χ1) is 32.5. The van der Waals surface area contributed by atoms with Gasteiger partial charge in [0.25, 0.3) is 0 Å². The maximum atomic E-state index is 5.13. The van der Waals surface area contributed by atoms with Gasteiger partial charge in [0.2, 0.25) is 0 Å². The molecule has 66 heavy (non-hydrogen) atoms. The van der Waals surface area contributed by atoms with Crippen molar-refractivity contribution in [2.75, 3.05) is 0 Å². The molecule has 0 fully saturated rings. The zero-order chi connectivity index (χ0) is 44.4. The Morgan fingerprint density at radius 1 is 0.227 bits per heavy atom. The molecule has 0 radical (unpaired) electrons. The Morgan fingerprint density at radius 2 is 0.652 bits per heavy atom. The van der Waals surface area contributed by atoms with Crippen LogP contribution >= 0.6 is 0 Å². The maximum absolute atomic E-state index is 5.13. The monoisotopic (exact) mass is 847 g/mol. The van der Waals surface area contributed by atoms with Gasteiger partial charge in [0, 0.05) is 44.6 Å². The molecule has 0 amide bonds. The highest BCUT2D eigenvalue weighted by atomic mass is 15.0.